The summed E-state index contributed by atoms with van der Waals surface area (Å²) in [7, 11) is 1.62. The molecule has 0 radical (unpaired) electrons. The Bertz CT molecular complexity index is 437. The summed E-state index contributed by atoms with van der Waals surface area (Å²) in [5.41, 5.74) is 8.13. The van der Waals surface area contributed by atoms with Gasteiger partial charge in [-0.3, -0.25) is 9.98 Å². The summed E-state index contributed by atoms with van der Waals surface area (Å²) in [6.45, 7) is 1.94. The summed E-state index contributed by atoms with van der Waals surface area (Å²) in [5, 5.41) is 0. The SMILES string of the molecule is COc1cc(N)ccc1C1=NC(C)N=C1. The molecule has 1 aliphatic rings. The number of methoxy groups -OCH3 is 1. The first-order chi connectivity index (χ1) is 7.20. The van der Waals surface area contributed by atoms with Gasteiger partial charge in [-0.15, -0.1) is 0 Å². The van der Waals surface area contributed by atoms with Crippen LogP contribution in [0, 0.1) is 0 Å². The lowest BCUT2D eigenvalue weighted by atomic mass is 10.1. The summed E-state index contributed by atoms with van der Waals surface area (Å²) in [5.74, 6) is 0.731. The Hall–Kier alpha value is -1.84. The van der Waals surface area contributed by atoms with Crippen molar-refractivity contribution in [1.82, 2.24) is 0 Å². The van der Waals surface area contributed by atoms with Crippen molar-refractivity contribution in [1.29, 1.82) is 0 Å². The largest absolute Gasteiger partial charge is 0.496 e. The number of nitrogens with two attached hydrogens (primary N) is 1. The number of hydrogen-bond acceptors (Lipinski definition) is 4. The molecular formula is C11H13N3O. The number of hydrogen-bond donors (Lipinski definition) is 1. The normalized spacial score (nSPS) is 19.1. The van der Waals surface area contributed by atoms with Crippen LogP contribution in [0.1, 0.15) is 12.5 Å². The zero-order chi connectivity index (χ0) is 10.8. The van der Waals surface area contributed by atoms with Crippen LogP contribution in [0.3, 0.4) is 0 Å². The third kappa shape index (κ3) is 1.83. The first-order valence-corrected chi connectivity index (χ1v) is 4.75. The summed E-state index contributed by atoms with van der Waals surface area (Å²) >= 11 is 0. The zero-order valence-electron chi connectivity index (χ0n) is 8.77. The molecule has 1 aliphatic heterocycles. The van der Waals surface area contributed by atoms with Crippen molar-refractivity contribution >= 4 is 17.6 Å². The van der Waals surface area contributed by atoms with E-state index >= 15 is 0 Å². The van der Waals surface area contributed by atoms with Crippen LogP contribution in [-0.4, -0.2) is 25.2 Å². The van der Waals surface area contributed by atoms with Crippen molar-refractivity contribution in [2.24, 2.45) is 9.98 Å². The van der Waals surface area contributed by atoms with E-state index in [-0.39, 0.29) is 6.17 Å². The molecule has 1 unspecified atom stereocenters. The average molecular weight is 203 g/mol. The van der Waals surface area contributed by atoms with E-state index in [0.29, 0.717) is 5.69 Å². The molecule has 0 aromatic heterocycles. The summed E-state index contributed by atoms with van der Waals surface area (Å²) < 4.78 is 5.25. The maximum atomic E-state index is 5.68. The van der Waals surface area contributed by atoms with Gasteiger partial charge in [0.05, 0.1) is 12.8 Å². The van der Waals surface area contributed by atoms with Crippen LogP contribution in [0.2, 0.25) is 0 Å². The van der Waals surface area contributed by atoms with E-state index in [1.165, 1.54) is 0 Å². The Morgan fingerprint density at radius 2 is 2.20 bits per heavy atom. The van der Waals surface area contributed by atoms with E-state index < -0.39 is 0 Å². The second-order valence-electron chi connectivity index (χ2n) is 3.38. The van der Waals surface area contributed by atoms with Crippen molar-refractivity contribution in [3.63, 3.8) is 0 Å². The van der Waals surface area contributed by atoms with Crippen molar-refractivity contribution in [3.05, 3.63) is 23.8 Å². The lowest BCUT2D eigenvalue weighted by Crippen LogP contribution is -2.03. The van der Waals surface area contributed by atoms with E-state index in [4.69, 9.17) is 10.5 Å². The van der Waals surface area contributed by atoms with Crippen LogP contribution in [0.4, 0.5) is 5.69 Å². The predicted octanol–water partition coefficient (Wildman–Crippen LogP) is 1.50. The van der Waals surface area contributed by atoms with Gasteiger partial charge in [-0.1, -0.05) is 0 Å². The van der Waals surface area contributed by atoms with Gasteiger partial charge in [-0.05, 0) is 19.1 Å². The van der Waals surface area contributed by atoms with Crippen molar-refractivity contribution in [2.75, 3.05) is 12.8 Å². The van der Waals surface area contributed by atoms with Gasteiger partial charge in [-0.25, -0.2) is 0 Å². The van der Waals surface area contributed by atoms with Gasteiger partial charge >= 0.3 is 0 Å². The molecule has 4 nitrogen and oxygen atoms in total. The van der Waals surface area contributed by atoms with Gasteiger partial charge in [0.15, 0.2) is 0 Å². The molecule has 0 aliphatic carbocycles. The number of benzene rings is 1. The van der Waals surface area contributed by atoms with Crippen LogP contribution in [-0.2, 0) is 0 Å². The molecule has 0 bridgehead atoms. The number of nitrogen functional groups attached to an aromatic ring is 1. The standard InChI is InChI=1S/C11H13N3O/c1-7-13-6-10(14-7)9-4-3-8(12)5-11(9)15-2/h3-7H,12H2,1-2H3. The first-order valence-electron chi connectivity index (χ1n) is 4.75. The molecule has 4 heteroatoms. The Balaban J connectivity index is 2.44. The van der Waals surface area contributed by atoms with Crippen LogP contribution < -0.4 is 10.5 Å². The van der Waals surface area contributed by atoms with Crippen LogP contribution >= 0.6 is 0 Å². The van der Waals surface area contributed by atoms with Gasteiger partial charge in [0.1, 0.15) is 11.9 Å². The number of ether oxygens (including phenoxy) is 1. The Morgan fingerprint density at radius 1 is 1.40 bits per heavy atom. The second kappa shape index (κ2) is 3.73. The quantitative estimate of drug-likeness (QED) is 0.740. The van der Waals surface area contributed by atoms with E-state index in [1.807, 2.05) is 19.1 Å². The van der Waals surface area contributed by atoms with Gasteiger partial charge in [0.2, 0.25) is 0 Å². The fourth-order valence-electron chi connectivity index (χ4n) is 1.50. The minimum absolute atomic E-state index is 0.00209. The van der Waals surface area contributed by atoms with Crippen LogP contribution in [0.5, 0.6) is 5.75 Å². The fourth-order valence-corrected chi connectivity index (χ4v) is 1.50. The first kappa shape index (κ1) is 9.71. The molecule has 0 fully saturated rings. The molecule has 0 spiro atoms. The summed E-state index contributed by atoms with van der Waals surface area (Å²) in [6, 6.07) is 5.52. The van der Waals surface area contributed by atoms with E-state index in [0.717, 1.165) is 17.0 Å². The molecule has 2 rings (SSSR count). The number of nitrogens with zero attached hydrogens (tertiary/aromatic N) is 2. The highest BCUT2D eigenvalue weighted by atomic mass is 16.5. The molecular weight excluding hydrogens is 190 g/mol. The minimum Gasteiger partial charge on any atom is -0.496 e. The molecule has 0 amide bonds. The van der Waals surface area contributed by atoms with Gasteiger partial charge in [0.25, 0.3) is 0 Å². The molecule has 1 aromatic carbocycles. The van der Waals surface area contributed by atoms with Crippen molar-refractivity contribution < 1.29 is 4.74 Å². The van der Waals surface area contributed by atoms with E-state index in [9.17, 15) is 0 Å². The smallest absolute Gasteiger partial charge is 0.137 e. The highest BCUT2D eigenvalue weighted by Gasteiger charge is 2.13. The third-order valence-electron chi connectivity index (χ3n) is 2.24. The van der Waals surface area contributed by atoms with Gasteiger partial charge in [-0.2, -0.15) is 0 Å². The van der Waals surface area contributed by atoms with Gasteiger partial charge < -0.3 is 10.5 Å². The number of anilines is 1. The summed E-state index contributed by atoms with van der Waals surface area (Å²) in [6.07, 6.45) is 1.76. The molecule has 0 saturated carbocycles. The zero-order valence-corrected chi connectivity index (χ0v) is 8.77. The second-order valence-corrected chi connectivity index (χ2v) is 3.38. The lowest BCUT2D eigenvalue weighted by Gasteiger charge is -2.07. The van der Waals surface area contributed by atoms with Crippen molar-refractivity contribution in [3.8, 4) is 5.75 Å². The van der Waals surface area contributed by atoms with Crippen LogP contribution in [0.25, 0.3) is 0 Å². The van der Waals surface area contributed by atoms with Crippen molar-refractivity contribution in [2.45, 2.75) is 13.1 Å². The molecule has 78 valence electrons. The van der Waals surface area contributed by atoms with E-state index in [2.05, 4.69) is 9.98 Å². The van der Waals surface area contributed by atoms with Crippen LogP contribution in [0.15, 0.2) is 28.2 Å². The predicted molar refractivity (Wildman–Crippen MR) is 61.9 cm³/mol. The lowest BCUT2D eigenvalue weighted by molar-refractivity contribution is 0.414. The maximum Gasteiger partial charge on any atom is 0.137 e. The third-order valence-corrected chi connectivity index (χ3v) is 2.24. The molecule has 1 heterocycles. The molecule has 1 aromatic rings. The average Bonchev–Trinajstić information content (AvgIpc) is 2.64. The van der Waals surface area contributed by atoms with Gasteiger partial charge in [0, 0.05) is 23.5 Å². The van der Waals surface area contributed by atoms with E-state index in [1.54, 1.807) is 19.4 Å². The summed E-state index contributed by atoms with van der Waals surface area (Å²) in [4.78, 5) is 8.55. The monoisotopic (exact) mass is 203 g/mol. The highest BCUT2D eigenvalue weighted by Crippen LogP contribution is 2.23. The maximum absolute atomic E-state index is 5.68. The number of aliphatic imine (C=N–C) groups is 2. The molecule has 1 atom stereocenters. The molecule has 15 heavy (non-hydrogen) atoms. The number of rotatable bonds is 2. The Morgan fingerprint density at radius 3 is 2.80 bits per heavy atom. The minimum atomic E-state index is 0.00209. The highest BCUT2D eigenvalue weighted by molar-refractivity contribution is 6.40. The Kier molecular flexibility index (Phi) is 2.41. The Labute approximate surface area is 88.5 Å². The molecule has 2 N–H and O–H groups in total. The molecule has 0 saturated heterocycles. The fraction of sp³-hybridized carbons (Fsp3) is 0.273. The topological polar surface area (TPSA) is 60.0 Å².